The average Bonchev–Trinajstić information content (AvgIpc) is 2.86. The van der Waals surface area contributed by atoms with Crippen LogP contribution in [0.15, 0.2) is 0 Å². The Labute approximate surface area is 182 Å². The molecule has 0 aromatic carbocycles. The van der Waals surface area contributed by atoms with Gasteiger partial charge in [-0.1, -0.05) is 35.1 Å². The molecule has 0 spiro atoms. The lowest BCUT2D eigenvalue weighted by molar-refractivity contribution is -0.134. The van der Waals surface area contributed by atoms with Crippen LogP contribution >= 0.6 is 0 Å². The SMILES string of the molecule is C.CC(=O)C1CCN(C(=O)Cc2c3c(n(CC(C)C)c2C)CC(C)(C)CC3=O)CC1. The summed E-state index contributed by atoms with van der Waals surface area (Å²) in [5, 5.41) is 0. The smallest absolute Gasteiger partial charge is 0.227 e. The summed E-state index contributed by atoms with van der Waals surface area (Å²) in [5.41, 5.74) is 3.89. The van der Waals surface area contributed by atoms with E-state index in [1.165, 1.54) is 0 Å². The van der Waals surface area contributed by atoms with Crippen LogP contribution < -0.4 is 0 Å². The molecule has 0 unspecified atom stereocenters. The molecule has 0 radical (unpaired) electrons. The summed E-state index contributed by atoms with van der Waals surface area (Å²) in [7, 11) is 0. The van der Waals surface area contributed by atoms with E-state index in [-0.39, 0.29) is 42.7 Å². The molecule has 1 aromatic heterocycles. The molecule has 5 nitrogen and oxygen atoms in total. The monoisotopic (exact) mass is 416 g/mol. The summed E-state index contributed by atoms with van der Waals surface area (Å²) in [4.78, 5) is 39.6. The van der Waals surface area contributed by atoms with E-state index < -0.39 is 0 Å². The molecule has 1 saturated heterocycles. The molecule has 0 N–H and O–H groups in total. The fraction of sp³-hybridized carbons (Fsp3) is 0.720. The first-order valence-electron chi connectivity index (χ1n) is 11.0. The van der Waals surface area contributed by atoms with Crippen LogP contribution in [0, 0.1) is 24.2 Å². The zero-order valence-electron chi connectivity index (χ0n) is 18.9. The Hall–Kier alpha value is -1.91. The van der Waals surface area contributed by atoms with Gasteiger partial charge in [0.05, 0.1) is 6.42 Å². The summed E-state index contributed by atoms with van der Waals surface area (Å²) in [6, 6.07) is 0. The molecule has 1 amide bonds. The number of hydrogen-bond donors (Lipinski definition) is 0. The van der Waals surface area contributed by atoms with Gasteiger partial charge in [-0.3, -0.25) is 14.4 Å². The van der Waals surface area contributed by atoms with E-state index in [1.54, 1.807) is 6.92 Å². The van der Waals surface area contributed by atoms with Crippen LogP contribution in [0.4, 0.5) is 0 Å². The van der Waals surface area contributed by atoms with Gasteiger partial charge in [-0.15, -0.1) is 0 Å². The molecule has 0 saturated carbocycles. The molecular weight excluding hydrogens is 376 g/mol. The van der Waals surface area contributed by atoms with Crippen molar-refractivity contribution in [2.45, 2.75) is 87.6 Å². The number of Topliss-reactive ketones (excluding diaryl/α,β-unsaturated/α-hetero) is 2. The molecule has 0 atom stereocenters. The number of fused-ring (bicyclic) bond motifs is 1. The Morgan fingerprint density at radius 2 is 1.73 bits per heavy atom. The zero-order valence-corrected chi connectivity index (χ0v) is 18.9. The van der Waals surface area contributed by atoms with E-state index >= 15 is 0 Å². The van der Waals surface area contributed by atoms with Crippen molar-refractivity contribution in [3.63, 3.8) is 0 Å². The van der Waals surface area contributed by atoms with Crippen molar-refractivity contribution in [3.8, 4) is 0 Å². The number of hydrogen-bond acceptors (Lipinski definition) is 3. The maximum atomic E-state index is 13.1. The molecular formula is C25H40N2O3. The first-order valence-corrected chi connectivity index (χ1v) is 11.0. The van der Waals surface area contributed by atoms with Gasteiger partial charge < -0.3 is 9.47 Å². The number of carbonyl (C=O) groups is 3. The third-order valence-corrected chi connectivity index (χ3v) is 6.62. The van der Waals surface area contributed by atoms with Crippen LogP contribution in [0.2, 0.25) is 0 Å². The van der Waals surface area contributed by atoms with Crippen molar-refractivity contribution in [1.82, 2.24) is 9.47 Å². The molecule has 2 aliphatic rings. The minimum atomic E-state index is -0.0422. The summed E-state index contributed by atoms with van der Waals surface area (Å²) in [6.07, 6.45) is 3.20. The lowest BCUT2D eigenvalue weighted by Gasteiger charge is -2.31. The predicted octanol–water partition coefficient (Wildman–Crippen LogP) is 4.61. The number of rotatable bonds is 5. The van der Waals surface area contributed by atoms with Crippen LogP contribution in [-0.2, 0) is 29.0 Å². The lowest BCUT2D eigenvalue weighted by atomic mass is 9.75. The summed E-state index contributed by atoms with van der Waals surface area (Å²) < 4.78 is 2.30. The summed E-state index contributed by atoms with van der Waals surface area (Å²) >= 11 is 0. The largest absolute Gasteiger partial charge is 0.348 e. The van der Waals surface area contributed by atoms with E-state index in [4.69, 9.17) is 0 Å². The number of piperidine rings is 1. The van der Waals surface area contributed by atoms with Gasteiger partial charge in [0.25, 0.3) is 0 Å². The third-order valence-electron chi connectivity index (χ3n) is 6.62. The van der Waals surface area contributed by atoms with Crippen LogP contribution in [0.5, 0.6) is 0 Å². The highest BCUT2D eigenvalue weighted by molar-refractivity contribution is 6.01. The second kappa shape index (κ2) is 9.07. The molecule has 2 heterocycles. The Morgan fingerprint density at radius 3 is 2.27 bits per heavy atom. The van der Waals surface area contributed by atoms with Crippen molar-refractivity contribution >= 4 is 17.5 Å². The highest BCUT2D eigenvalue weighted by Gasteiger charge is 2.37. The van der Waals surface area contributed by atoms with Crippen molar-refractivity contribution in [2.75, 3.05) is 13.1 Å². The molecule has 1 aliphatic carbocycles. The second-order valence-corrected chi connectivity index (χ2v) is 10.3. The fourth-order valence-corrected chi connectivity index (χ4v) is 5.03. The van der Waals surface area contributed by atoms with Crippen molar-refractivity contribution in [1.29, 1.82) is 0 Å². The molecule has 1 aliphatic heterocycles. The minimum absolute atomic E-state index is 0. The van der Waals surface area contributed by atoms with E-state index in [0.29, 0.717) is 25.4 Å². The van der Waals surface area contributed by atoms with E-state index in [2.05, 4.69) is 39.2 Å². The van der Waals surface area contributed by atoms with Crippen LogP contribution in [0.3, 0.4) is 0 Å². The van der Waals surface area contributed by atoms with E-state index in [1.807, 2.05) is 4.90 Å². The minimum Gasteiger partial charge on any atom is -0.348 e. The second-order valence-electron chi connectivity index (χ2n) is 10.3. The molecule has 1 fully saturated rings. The standard InChI is InChI=1S/C24H36N2O3.CH4/c1-15(2)14-26-16(3)19(23-20(26)12-24(5,6)13-21(23)28)11-22(29)25-9-7-18(8-10-25)17(4)27;/h15,18H,7-14H2,1-6H3;1H4. The van der Waals surface area contributed by atoms with Crippen molar-refractivity contribution in [3.05, 3.63) is 22.5 Å². The van der Waals surface area contributed by atoms with Gasteiger partial charge in [-0.05, 0) is 50.0 Å². The van der Waals surface area contributed by atoms with Crippen molar-refractivity contribution in [2.24, 2.45) is 17.3 Å². The Kier molecular flexibility index (Phi) is 7.36. The lowest BCUT2D eigenvalue weighted by Crippen LogP contribution is -2.40. The highest BCUT2D eigenvalue weighted by Crippen LogP contribution is 2.39. The first kappa shape index (κ1) is 24.4. The predicted molar refractivity (Wildman–Crippen MR) is 121 cm³/mol. The molecule has 3 rings (SSSR count). The molecule has 0 bridgehead atoms. The Morgan fingerprint density at radius 1 is 1.13 bits per heavy atom. The number of ketones is 2. The van der Waals surface area contributed by atoms with Crippen LogP contribution in [-0.4, -0.2) is 40.0 Å². The number of likely N-dealkylation sites (tertiary alicyclic amines) is 1. The quantitative estimate of drug-likeness (QED) is 0.704. The van der Waals surface area contributed by atoms with Gasteiger partial charge in [0, 0.05) is 48.9 Å². The van der Waals surface area contributed by atoms with E-state index in [9.17, 15) is 14.4 Å². The van der Waals surface area contributed by atoms with Gasteiger partial charge in [-0.25, -0.2) is 0 Å². The van der Waals surface area contributed by atoms with Crippen LogP contribution in [0.1, 0.15) is 88.6 Å². The first-order chi connectivity index (χ1) is 13.5. The molecule has 1 aromatic rings. The topological polar surface area (TPSA) is 59.4 Å². The van der Waals surface area contributed by atoms with Gasteiger partial charge in [-0.2, -0.15) is 0 Å². The zero-order chi connectivity index (χ0) is 21.5. The number of nitrogens with zero attached hydrogens (tertiary/aromatic N) is 2. The molecule has 168 valence electrons. The summed E-state index contributed by atoms with van der Waals surface area (Å²) in [6.45, 7) is 14.5. The van der Waals surface area contributed by atoms with Crippen LogP contribution in [0.25, 0.3) is 0 Å². The Bertz CT molecular complexity index is 824. The van der Waals surface area contributed by atoms with Gasteiger partial charge in [0.1, 0.15) is 5.78 Å². The maximum Gasteiger partial charge on any atom is 0.227 e. The van der Waals surface area contributed by atoms with Gasteiger partial charge in [0.15, 0.2) is 5.78 Å². The Balaban J connectivity index is 0.00000320. The number of carbonyl (C=O) groups excluding carboxylic acids is 3. The maximum absolute atomic E-state index is 13.1. The fourth-order valence-electron chi connectivity index (χ4n) is 5.03. The third kappa shape index (κ3) is 4.87. The molecule has 5 heteroatoms. The normalized spacial score (nSPS) is 18.9. The molecule has 30 heavy (non-hydrogen) atoms. The summed E-state index contributed by atoms with van der Waals surface area (Å²) in [5.74, 6) is 1.04. The van der Waals surface area contributed by atoms with E-state index in [0.717, 1.165) is 48.3 Å². The van der Waals surface area contributed by atoms with Gasteiger partial charge in [0.2, 0.25) is 5.91 Å². The van der Waals surface area contributed by atoms with Crippen molar-refractivity contribution < 1.29 is 14.4 Å². The average molecular weight is 417 g/mol. The highest BCUT2D eigenvalue weighted by atomic mass is 16.2. The van der Waals surface area contributed by atoms with Gasteiger partial charge >= 0.3 is 0 Å². The number of amides is 1. The number of aromatic nitrogens is 1.